The third-order valence-electron chi connectivity index (χ3n) is 4.85. The number of methoxy groups -OCH3 is 1. The third-order valence-corrected chi connectivity index (χ3v) is 4.85. The predicted octanol–water partition coefficient (Wildman–Crippen LogP) is 3.12. The molecule has 1 atom stereocenters. The molecule has 0 spiro atoms. The van der Waals surface area contributed by atoms with E-state index in [4.69, 9.17) is 4.74 Å². The molecular formula is C20H23F2N3O2. The van der Waals surface area contributed by atoms with Gasteiger partial charge in [-0.1, -0.05) is 6.07 Å². The van der Waals surface area contributed by atoms with Gasteiger partial charge in [0.1, 0.15) is 5.75 Å². The predicted molar refractivity (Wildman–Crippen MR) is 101 cm³/mol. The van der Waals surface area contributed by atoms with E-state index in [0.717, 1.165) is 49.7 Å². The molecule has 2 aromatic rings. The average Bonchev–Trinajstić information content (AvgIpc) is 2.70. The second kappa shape index (κ2) is 8.35. The molecule has 1 amide bonds. The van der Waals surface area contributed by atoms with E-state index in [-0.39, 0.29) is 17.6 Å². The molecule has 0 saturated carbocycles. The summed E-state index contributed by atoms with van der Waals surface area (Å²) in [5.41, 5.74) is 1.34. The number of nitrogens with zero attached hydrogens (tertiary/aromatic N) is 2. The minimum atomic E-state index is -0.979. The van der Waals surface area contributed by atoms with Gasteiger partial charge in [-0.2, -0.15) is 0 Å². The molecule has 1 aliphatic rings. The van der Waals surface area contributed by atoms with Crippen LogP contribution in [0.25, 0.3) is 0 Å². The quantitative estimate of drug-likeness (QED) is 0.872. The van der Waals surface area contributed by atoms with Gasteiger partial charge in [-0.3, -0.25) is 9.69 Å². The standard InChI is InChI=1S/C20H23F2N3O2/c1-14(20(26)23-15-6-7-18(21)19(22)12-15)24-8-10-25(11-9-24)16-4-3-5-17(13-16)27-2/h3-7,12-14H,8-11H2,1-2H3,(H,23,26). The first-order valence-corrected chi connectivity index (χ1v) is 8.87. The van der Waals surface area contributed by atoms with E-state index in [1.54, 1.807) is 7.11 Å². The minimum Gasteiger partial charge on any atom is -0.497 e. The summed E-state index contributed by atoms with van der Waals surface area (Å²) in [5.74, 6) is -1.34. The van der Waals surface area contributed by atoms with Gasteiger partial charge in [0.2, 0.25) is 5.91 Å². The van der Waals surface area contributed by atoms with Gasteiger partial charge in [-0.15, -0.1) is 0 Å². The van der Waals surface area contributed by atoms with Gasteiger partial charge in [0, 0.05) is 49.7 Å². The molecule has 0 radical (unpaired) electrons. The lowest BCUT2D eigenvalue weighted by molar-refractivity contribution is -0.120. The van der Waals surface area contributed by atoms with Crippen LogP contribution in [0, 0.1) is 11.6 Å². The number of benzene rings is 2. The summed E-state index contributed by atoms with van der Waals surface area (Å²) in [7, 11) is 1.64. The molecule has 1 N–H and O–H groups in total. The van der Waals surface area contributed by atoms with Gasteiger partial charge < -0.3 is 15.0 Å². The first-order valence-electron chi connectivity index (χ1n) is 8.87. The van der Waals surface area contributed by atoms with Crippen molar-refractivity contribution in [3.05, 3.63) is 54.1 Å². The maximum absolute atomic E-state index is 13.3. The number of carbonyl (C=O) groups excluding carboxylic acids is 1. The van der Waals surface area contributed by atoms with E-state index in [1.165, 1.54) is 6.07 Å². The molecule has 2 aromatic carbocycles. The smallest absolute Gasteiger partial charge is 0.241 e. The summed E-state index contributed by atoms with van der Waals surface area (Å²) in [4.78, 5) is 16.8. The largest absolute Gasteiger partial charge is 0.497 e. The summed E-state index contributed by atoms with van der Waals surface area (Å²) >= 11 is 0. The highest BCUT2D eigenvalue weighted by Crippen LogP contribution is 2.22. The molecule has 1 fully saturated rings. The van der Waals surface area contributed by atoms with Crippen molar-refractivity contribution >= 4 is 17.3 Å². The number of amides is 1. The van der Waals surface area contributed by atoms with Crippen molar-refractivity contribution in [2.45, 2.75) is 13.0 Å². The number of hydrogen-bond donors (Lipinski definition) is 1. The molecule has 1 aliphatic heterocycles. The zero-order chi connectivity index (χ0) is 19.4. The first-order chi connectivity index (χ1) is 13.0. The topological polar surface area (TPSA) is 44.8 Å². The van der Waals surface area contributed by atoms with Crippen LogP contribution in [0.15, 0.2) is 42.5 Å². The van der Waals surface area contributed by atoms with Crippen LogP contribution in [-0.2, 0) is 4.79 Å². The fourth-order valence-electron chi connectivity index (χ4n) is 3.16. The SMILES string of the molecule is COc1cccc(N2CCN(C(C)C(=O)Nc3ccc(F)c(F)c3)CC2)c1. The zero-order valence-electron chi connectivity index (χ0n) is 15.4. The van der Waals surface area contributed by atoms with Crippen LogP contribution in [0.1, 0.15) is 6.92 Å². The van der Waals surface area contributed by atoms with Crippen LogP contribution >= 0.6 is 0 Å². The van der Waals surface area contributed by atoms with E-state index >= 15 is 0 Å². The maximum atomic E-state index is 13.3. The Morgan fingerprint density at radius 3 is 2.48 bits per heavy atom. The van der Waals surface area contributed by atoms with Crippen LogP contribution in [0.3, 0.4) is 0 Å². The van der Waals surface area contributed by atoms with E-state index in [0.29, 0.717) is 0 Å². The lowest BCUT2D eigenvalue weighted by Crippen LogP contribution is -2.52. The summed E-state index contributed by atoms with van der Waals surface area (Å²) in [5, 5.41) is 2.65. The van der Waals surface area contributed by atoms with E-state index < -0.39 is 11.6 Å². The zero-order valence-corrected chi connectivity index (χ0v) is 15.4. The lowest BCUT2D eigenvalue weighted by atomic mass is 10.2. The van der Waals surface area contributed by atoms with Crippen molar-refractivity contribution in [1.82, 2.24) is 4.90 Å². The summed E-state index contributed by atoms with van der Waals surface area (Å²) < 4.78 is 31.6. The van der Waals surface area contributed by atoms with Crippen molar-refractivity contribution in [1.29, 1.82) is 0 Å². The van der Waals surface area contributed by atoms with Crippen molar-refractivity contribution in [3.8, 4) is 5.75 Å². The third kappa shape index (κ3) is 4.54. The minimum absolute atomic E-state index is 0.240. The average molecular weight is 375 g/mol. The van der Waals surface area contributed by atoms with Gasteiger partial charge in [0.15, 0.2) is 11.6 Å². The van der Waals surface area contributed by atoms with Crippen LogP contribution in [0.2, 0.25) is 0 Å². The van der Waals surface area contributed by atoms with Crippen molar-refractivity contribution in [3.63, 3.8) is 0 Å². The molecular weight excluding hydrogens is 352 g/mol. The van der Waals surface area contributed by atoms with Crippen molar-refractivity contribution in [2.75, 3.05) is 43.5 Å². The number of ether oxygens (including phenoxy) is 1. The van der Waals surface area contributed by atoms with E-state index in [9.17, 15) is 13.6 Å². The normalized spacial score (nSPS) is 16.1. The van der Waals surface area contributed by atoms with Crippen LogP contribution in [0.5, 0.6) is 5.75 Å². The van der Waals surface area contributed by atoms with Crippen molar-refractivity contribution < 1.29 is 18.3 Å². The number of anilines is 2. The maximum Gasteiger partial charge on any atom is 0.241 e. The fourth-order valence-corrected chi connectivity index (χ4v) is 3.16. The molecule has 5 nitrogen and oxygen atoms in total. The fraction of sp³-hybridized carbons (Fsp3) is 0.350. The van der Waals surface area contributed by atoms with Crippen LogP contribution in [0.4, 0.5) is 20.2 Å². The molecule has 0 aliphatic carbocycles. The highest BCUT2D eigenvalue weighted by atomic mass is 19.2. The number of hydrogen-bond acceptors (Lipinski definition) is 4. The second-order valence-electron chi connectivity index (χ2n) is 6.52. The van der Waals surface area contributed by atoms with Gasteiger partial charge in [0.25, 0.3) is 0 Å². The first kappa shape index (κ1) is 19.1. The van der Waals surface area contributed by atoms with E-state index in [2.05, 4.69) is 15.1 Å². The number of nitrogens with one attached hydrogen (secondary N) is 1. The van der Waals surface area contributed by atoms with Crippen molar-refractivity contribution in [2.24, 2.45) is 0 Å². The van der Waals surface area contributed by atoms with Gasteiger partial charge >= 0.3 is 0 Å². The summed E-state index contributed by atoms with van der Waals surface area (Å²) in [6, 6.07) is 10.9. The Morgan fingerprint density at radius 1 is 1.07 bits per heavy atom. The van der Waals surface area contributed by atoms with Gasteiger partial charge in [-0.25, -0.2) is 8.78 Å². The Bertz CT molecular complexity index is 808. The monoisotopic (exact) mass is 375 g/mol. The molecule has 3 rings (SSSR count). The highest BCUT2D eigenvalue weighted by Gasteiger charge is 2.26. The highest BCUT2D eigenvalue weighted by molar-refractivity contribution is 5.94. The Kier molecular flexibility index (Phi) is 5.91. The molecule has 1 heterocycles. The molecule has 27 heavy (non-hydrogen) atoms. The molecule has 7 heteroatoms. The molecule has 1 unspecified atom stereocenters. The van der Waals surface area contributed by atoms with Gasteiger partial charge in [0.05, 0.1) is 13.2 Å². The molecule has 1 saturated heterocycles. The molecule has 0 aromatic heterocycles. The lowest BCUT2D eigenvalue weighted by Gasteiger charge is -2.38. The summed E-state index contributed by atoms with van der Waals surface area (Å²) in [6.07, 6.45) is 0. The number of piperazine rings is 1. The Balaban J connectivity index is 1.56. The van der Waals surface area contributed by atoms with Crippen LogP contribution < -0.4 is 15.0 Å². The molecule has 144 valence electrons. The van der Waals surface area contributed by atoms with Gasteiger partial charge in [-0.05, 0) is 31.2 Å². The van der Waals surface area contributed by atoms with E-state index in [1.807, 2.05) is 31.2 Å². The van der Waals surface area contributed by atoms with Crippen LogP contribution in [-0.4, -0.2) is 50.1 Å². The number of halogens is 2. The number of rotatable bonds is 5. The Labute approximate surface area is 157 Å². The Hall–Kier alpha value is -2.67. The number of carbonyl (C=O) groups is 1. The second-order valence-corrected chi connectivity index (χ2v) is 6.52. The molecule has 0 bridgehead atoms. The Morgan fingerprint density at radius 2 is 1.81 bits per heavy atom. The summed E-state index contributed by atoms with van der Waals surface area (Å²) in [6.45, 7) is 4.84.